The highest BCUT2D eigenvalue weighted by atomic mass is 35.5. The van der Waals surface area contributed by atoms with Gasteiger partial charge in [0.25, 0.3) is 0 Å². The van der Waals surface area contributed by atoms with Gasteiger partial charge in [-0.05, 0) is 43.4 Å². The van der Waals surface area contributed by atoms with Crippen molar-refractivity contribution in [2.45, 2.75) is 56.1 Å². The maximum absolute atomic E-state index is 12.3. The minimum atomic E-state index is -0.124. The second-order valence-corrected chi connectivity index (χ2v) is 7.01. The summed E-state index contributed by atoms with van der Waals surface area (Å²) in [4.78, 5) is 12.3. The quantitative estimate of drug-likeness (QED) is 0.892. The van der Waals surface area contributed by atoms with Gasteiger partial charge in [0, 0.05) is 11.6 Å². The van der Waals surface area contributed by atoms with Gasteiger partial charge in [0.15, 0.2) is 0 Å². The second kappa shape index (κ2) is 6.30. The van der Waals surface area contributed by atoms with Crippen LogP contribution in [0.2, 0.25) is 5.02 Å². The Morgan fingerprint density at radius 2 is 1.87 bits per heavy atom. The molecular weight excluding hydrogens is 316 g/mol. The Morgan fingerprint density at radius 1 is 1.09 bits per heavy atom. The van der Waals surface area contributed by atoms with Crippen LogP contribution in [0.25, 0.3) is 0 Å². The summed E-state index contributed by atoms with van der Waals surface area (Å²) < 4.78 is 11.6. The molecule has 0 spiro atoms. The molecule has 0 aliphatic carbocycles. The fourth-order valence-corrected chi connectivity index (χ4v) is 4.01. The molecule has 0 unspecified atom stereocenters. The van der Waals surface area contributed by atoms with Crippen molar-refractivity contribution in [2.24, 2.45) is 0 Å². The van der Waals surface area contributed by atoms with Crippen molar-refractivity contribution in [1.82, 2.24) is 10.6 Å². The number of carbonyl (C=O) groups excluding carboxylic acids is 1. The lowest BCUT2D eigenvalue weighted by Crippen LogP contribution is -2.49. The molecule has 0 radical (unpaired) electrons. The van der Waals surface area contributed by atoms with E-state index < -0.39 is 0 Å². The van der Waals surface area contributed by atoms with Crippen LogP contribution in [0.3, 0.4) is 0 Å². The molecule has 3 aliphatic rings. The molecule has 23 heavy (non-hydrogen) atoms. The number of amides is 2. The van der Waals surface area contributed by atoms with Gasteiger partial charge < -0.3 is 20.1 Å². The number of halogens is 1. The third kappa shape index (κ3) is 3.18. The van der Waals surface area contributed by atoms with Crippen molar-refractivity contribution in [1.29, 1.82) is 0 Å². The first-order valence-electron chi connectivity index (χ1n) is 8.28. The highest BCUT2D eigenvalue weighted by Crippen LogP contribution is 2.34. The molecule has 2 bridgehead atoms. The van der Waals surface area contributed by atoms with E-state index in [9.17, 15) is 4.79 Å². The summed E-state index contributed by atoms with van der Waals surface area (Å²) in [6.07, 6.45) is 4.33. The lowest BCUT2D eigenvalue weighted by molar-refractivity contribution is 0.0957. The first-order chi connectivity index (χ1) is 11.2. The minimum absolute atomic E-state index is 0.0179. The Labute approximate surface area is 140 Å². The number of rotatable bonds is 3. The van der Waals surface area contributed by atoms with Gasteiger partial charge in [-0.2, -0.15) is 0 Å². The van der Waals surface area contributed by atoms with Crippen LogP contribution >= 0.6 is 11.6 Å². The fraction of sp³-hybridized carbons (Fsp3) is 0.588. The topological polar surface area (TPSA) is 59.6 Å². The van der Waals surface area contributed by atoms with Gasteiger partial charge >= 0.3 is 6.03 Å². The smallest absolute Gasteiger partial charge is 0.315 e. The van der Waals surface area contributed by atoms with Crippen LogP contribution < -0.4 is 10.6 Å². The molecule has 6 heteroatoms. The van der Waals surface area contributed by atoms with E-state index >= 15 is 0 Å². The van der Waals surface area contributed by atoms with E-state index in [0.29, 0.717) is 17.7 Å². The monoisotopic (exact) mass is 336 g/mol. The van der Waals surface area contributed by atoms with Crippen LogP contribution in [0.5, 0.6) is 0 Å². The summed E-state index contributed by atoms with van der Waals surface area (Å²) in [6.45, 7) is 0.648. The first kappa shape index (κ1) is 15.2. The highest BCUT2D eigenvalue weighted by Gasteiger charge is 2.42. The summed E-state index contributed by atoms with van der Waals surface area (Å²) >= 11 is 5.93. The van der Waals surface area contributed by atoms with Crippen LogP contribution in [0.1, 0.15) is 37.4 Å². The molecule has 5 atom stereocenters. The van der Waals surface area contributed by atoms with Gasteiger partial charge in [0.1, 0.15) is 6.10 Å². The molecule has 0 aromatic heterocycles. The zero-order chi connectivity index (χ0) is 15.8. The molecule has 3 heterocycles. The van der Waals surface area contributed by atoms with E-state index in [-0.39, 0.29) is 30.3 Å². The van der Waals surface area contributed by atoms with Crippen LogP contribution in [0, 0.1) is 0 Å². The summed E-state index contributed by atoms with van der Waals surface area (Å²) in [5.41, 5.74) is 1.04. The third-order valence-electron chi connectivity index (χ3n) is 5.03. The predicted octanol–water partition coefficient (Wildman–Crippen LogP) is 2.79. The molecule has 5 nitrogen and oxygen atoms in total. The Balaban J connectivity index is 1.35. The molecular formula is C17H21ClN2O3. The minimum Gasteiger partial charge on any atom is -0.373 e. The molecule has 3 fully saturated rings. The van der Waals surface area contributed by atoms with Crippen molar-refractivity contribution in [3.8, 4) is 0 Å². The van der Waals surface area contributed by atoms with E-state index in [1.165, 1.54) is 0 Å². The Kier molecular flexibility index (Phi) is 4.18. The van der Waals surface area contributed by atoms with Crippen LogP contribution in [-0.4, -0.2) is 36.9 Å². The Bertz CT molecular complexity index is 580. The van der Waals surface area contributed by atoms with Gasteiger partial charge in [0.05, 0.1) is 24.3 Å². The van der Waals surface area contributed by atoms with Gasteiger partial charge in [0.2, 0.25) is 0 Å². The number of fused-ring (bicyclic) bond motifs is 2. The predicted molar refractivity (Wildman–Crippen MR) is 86.5 cm³/mol. The third-order valence-corrected chi connectivity index (χ3v) is 5.28. The number of hydrogen-bond donors (Lipinski definition) is 2. The zero-order valence-corrected chi connectivity index (χ0v) is 13.6. The Hall–Kier alpha value is -1.30. The molecule has 3 saturated heterocycles. The lowest BCUT2D eigenvalue weighted by Gasteiger charge is -2.24. The zero-order valence-electron chi connectivity index (χ0n) is 12.8. The van der Waals surface area contributed by atoms with E-state index in [1.807, 2.05) is 24.3 Å². The molecule has 1 aromatic carbocycles. The molecule has 2 amide bonds. The summed E-state index contributed by atoms with van der Waals surface area (Å²) in [5, 5.41) is 6.83. The molecule has 1 aromatic rings. The largest absolute Gasteiger partial charge is 0.373 e. The lowest BCUT2D eigenvalue weighted by atomic mass is 9.96. The van der Waals surface area contributed by atoms with Gasteiger partial charge in [-0.25, -0.2) is 4.79 Å². The molecule has 4 rings (SSSR count). The van der Waals surface area contributed by atoms with Crippen LogP contribution in [-0.2, 0) is 9.47 Å². The number of nitrogens with one attached hydrogen (secondary N) is 2. The average molecular weight is 337 g/mol. The van der Waals surface area contributed by atoms with Crippen molar-refractivity contribution >= 4 is 17.6 Å². The molecule has 2 N–H and O–H groups in total. The van der Waals surface area contributed by atoms with Crippen molar-refractivity contribution < 1.29 is 14.3 Å². The number of benzene rings is 1. The normalized spacial score (nSPS) is 35.4. The van der Waals surface area contributed by atoms with Gasteiger partial charge in [-0.3, -0.25) is 0 Å². The standard InChI is InChI=1S/C17H21ClN2O3/c18-11-3-1-10(2-4-11)16-13(7-8-22-16)19-17(21)20-14-9-12-5-6-15(14)23-12/h1-4,12-16H,5-9H2,(H2,19,20,21)/t12-,13+,14-,15-,16+/m1/s1. The molecule has 124 valence electrons. The van der Waals surface area contributed by atoms with E-state index in [1.54, 1.807) is 0 Å². The van der Waals surface area contributed by atoms with Crippen LogP contribution in [0.4, 0.5) is 4.79 Å². The van der Waals surface area contributed by atoms with E-state index in [4.69, 9.17) is 21.1 Å². The number of urea groups is 1. The number of ether oxygens (including phenoxy) is 2. The van der Waals surface area contributed by atoms with Crippen molar-refractivity contribution in [3.05, 3.63) is 34.9 Å². The highest BCUT2D eigenvalue weighted by molar-refractivity contribution is 6.30. The fourth-order valence-electron chi connectivity index (χ4n) is 3.89. The maximum atomic E-state index is 12.3. The average Bonchev–Trinajstić information content (AvgIpc) is 3.25. The maximum Gasteiger partial charge on any atom is 0.315 e. The number of carbonyl (C=O) groups is 1. The SMILES string of the molecule is O=C(N[C@H]1CCO[C@H]1c1ccc(Cl)cc1)N[C@@H]1C[C@H]2CC[C@H]1O2. The van der Waals surface area contributed by atoms with E-state index in [2.05, 4.69) is 10.6 Å². The second-order valence-electron chi connectivity index (χ2n) is 6.57. The van der Waals surface area contributed by atoms with E-state index in [0.717, 1.165) is 31.2 Å². The summed E-state index contributed by atoms with van der Waals surface area (Å²) in [6, 6.07) is 7.61. The summed E-state index contributed by atoms with van der Waals surface area (Å²) in [7, 11) is 0. The molecule has 0 saturated carbocycles. The Morgan fingerprint density at radius 3 is 2.57 bits per heavy atom. The number of hydrogen-bond acceptors (Lipinski definition) is 3. The van der Waals surface area contributed by atoms with Crippen LogP contribution in [0.15, 0.2) is 24.3 Å². The van der Waals surface area contributed by atoms with Gasteiger partial charge in [-0.1, -0.05) is 23.7 Å². The van der Waals surface area contributed by atoms with Crippen molar-refractivity contribution in [3.63, 3.8) is 0 Å². The summed E-state index contributed by atoms with van der Waals surface area (Å²) in [5.74, 6) is 0. The van der Waals surface area contributed by atoms with Crippen molar-refractivity contribution in [2.75, 3.05) is 6.61 Å². The molecule has 3 aliphatic heterocycles. The van der Waals surface area contributed by atoms with Gasteiger partial charge in [-0.15, -0.1) is 0 Å². The first-order valence-corrected chi connectivity index (χ1v) is 8.66.